The van der Waals surface area contributed by atoms with Gasteiger partial charge in [-0.1, -0.05) is 39.6 Å². The summed E-state index contributed by atoms with van der Waals surface area (Å²) in [5.41, 5.74) is 3.60. The second kappa shape index (κ2) is 9.31. The number of carbonyl (C=O) groups is 1. The van der Waals surface area contributed by atoms with Crippen LogP contribution in [-0.2, 0) is 22.7 Å². The van der Waals surface area contributed by atoms with E-state index in [1.54, 1.807) is 0 Å². The molecule has 0 aliphatic carbocycles. The number of aromatic nitrogens is 2. The van der Waals surface area contributed by atoms with Gasteiger partial charge < -0.3 is 10.1 Å². The number of carbonyl (C=O) groups excluding carboxylic acids is 1. The molecule has 8 heteroatoms. The van der Waals surface area contributed by atoms with Gasteiger partial charge in [0.15, 0.2) is 23.6 Å². The molecule has 4 rings (SSSR count). The minimum Gasteiger partial charge on any atom is -0.461 e. The SMILES string of the molecule is CC1(P)N=Nc2ccc(-c3cc[n+](CCCC(=O)OCc4ccccc4)cc3)nc2N1. The Kier molecular flexibility index (Phi) is 6.33. The van der Waals surface area contributed by atoms with E-state index in [1.807, 2.05) is 73.9 Å². The van der Waals surface area contributed by atoms with Gasteiger partial charge >= 0.3 is 5.97 Å². The largest absolute Gasteiger partial charge is 0.461 e. The summed E-state index contributed by atoms with van der Waals surface area (Å²) in [5, 5.41) is 11.1. The Hall–Kier alpha value is -3.18. The number of fused-ring (bicyclic) bond motifs is 1. The highest BCUT2D eigenvalue weighted by molar-refractivity contribution is 7.19. The molecule has 3 aromatic rings. The molecule has 3 heterocycles. The summed E-state index contributed by atoms with van der Waals surface area (Å²) in [5.74, 6) is 0.542. The normalized spacial score (nSPS) is 17.0. The van der Waals surface area contributed by atoms with Gasteiger partial charge in [0.1, 0.15) is 18.8 Å². The van der Waals surface area contributed by atoms with E-state index in [0.29, 0.717) is 13.0 Å². The number of aryl methyl sites for hydroxylation is 1. The molecule has 1 N–H and O–H groups in total. The smallest absolute Gasteiger partial charge is 0.306 e. The van der Waals surface area contributed by atoms with Crippen LogP contribution >= 0.6 is 9.24 Å². The molecule has 158 valence electrons. The number of azo groups is 1. The summed E-state index contributed by atoms with van der Waals surface area (Å²) >= 11 is 0. The molecule has 1 aromatic carbocycles. The minimum absolute atomic E-state index is 0.176. The quantitative estimate of drug-likeness (QED) is 0.334. The first kappa shape index (κ1) is 21.1. The van der Waals surface area contributed by atoms with Crippen LogP contribution in [0.5, 0.6) is 0 Å². The van der Waals surface area contributed by atoms with Crippen LogP contribution in [0.2, 0.25) is 0 Å². The lowest BCUT2D eigenvalue weighted by Gasteiger charge is -2.25. The minimum atomic E-state index is -0.541. The molecule has 1 aliphatic heterocycles. The van der Waals surface area contributed by atoms with Crippen molar-refractivity contribution in [2.24, 2.45) is 10.2 Å². The maximum atomic E-state index is 11.9. The van der Waals surface area contributed by atoms with Gasteiger partial charge in [0, 0.05) is 24.1 Å². The molecule has 0 saturated heterocycles. The number of hydrogen-bond donors (Lipinski definition) is 1. The van der Waals surface area contributed by atoms with Crippen LogP contribution in [0, 0.1) is 0 Å². The molecule has 0 saturated carbocycles. The molecule has 1 aliphatic rings. The molecule has 31 heavy (non-hydrogen) atoms. The molecule has 0 amide bonds. The van der Waals surface area contributed by atoms with Gasteiger partial charge in [0.05, 0.1) is 12.1 Å². The number of benzene rings is 1. The Labute approximate surface area is 183 Å². The van der Waals surface area contributed by atoms with Crippen LogP contribution in [-0.4, -0.2) is 16.4 Å². The van der Waals surface area contributed by atoms with Gasteiger partial charge in [-0.3, -0.25) is 4.79 Å². The van der Waals surface area contributed by atoms with E-state index in [9.17, 15) is 4.79 Å². The number of rotatable bonds is 7. The van der Waals surface area contributed by atoms with Crippen LogP contribution in [0.3, 0.4) is 0 Å². The van der Waals surface area contributed by atoms with Gasteiger partial charge in [-0.05, 0) is 24.6 Å². The number of hydrogen-bond acceptors (Lipinski definition) is 6. The topological polar surface area (TPSA) is 79.8 Å². The predicted octanol–water partition coefficient (Wildman–Crippen LogP) is 4.62. The molecule has 0 bridgehead atoms. The molecule has 0 fully saturated rings. The van der Waals surface area contributed by atoms with Crippen LogP contribution in [0.15, 0.2) is 77.2 Å². The van der Waals surface area contributed by atoms with Crippen molar-refractivity contribution in [1.82, 2.24) is 4.98 Å². The van der Waals surface area contributed by atoms with Crippen LogP contribution in [0.1, 0.15) is 25.3 Å². The lowest BCUT2D eigenvalue weighted by atomic mass is 10.1. The second-order valence-corrected chi connectivity index (χ2v) is 8.74. The zero-order valence-corrected chi connectivity index (χ0v) is 18.5. The Morgan fingerprint density at radius 2 is 1.90 bits per heavy atom. The summed E-state index contributed by atoms with van der Waals surface area (Å²) in [6.07, 6.45) is 5.11. The summed E-state index contributed by atoms with van der Waals surface area (Å²) in [7, 11) is 2.62. The van der Waals surface area contributed by atoms with Crippen LogP contribution in [0.4, 0.5) is 11.5 Å². The summed E-state index contributed by atoms with van der Waals surface area (Å²) < 4.78 is 7.38. The van der Waals surface area contributed by atoms with E-state index >= 15 is 0 Å². The van der Waals surface area contributed by atoms with Crippen molar-refractivity contribution in [3.8, 4) is 11.3 Å². The zero-order valence-electron chi connectivity index (χ0n) is 17.4. The van der Waals surface area contributed by atoms with Crippen molar-refractivity contribution in [3.05, 3.63) is 72.6 Å². The van der Waals surface area contributed by atoms with Crippen molar-refractivity contribution in [2.45, 2.75) is 38.3 Å². The molecule has 7 nitrogen and oxygen atoms in total. The summed E-state index contributed by atoms with van der Waals surface area (Å²) in [6, 6.07) is 17.6. The third-order valence-corrected chi connectivity index (χ3v) is 5.10. The van der Waals surface area contributed by atoms with Gasteiger partial charge in [-0.15, -0.1) is 5.11 Å². The average Bonchev–Trinajstić information content (AvgIpc) is 2.78. The monoisotopic (exact) mass is 434 g/mol. The van der Waals surface area contributed by atoms with Gasteiger partial charge in [-0.25, -0.2) is 9.55 Å². The lowest BCUT2D eigenvalue weighted by molar-refractivity contribution is -0.697. The fourth-order valence-corrected chi connectivity index (χ4v) is 3.40. The second-order valence-electron chi connectivity index (χ2n) is 7.61. The molecular weight excluding hydrogens is 409 g/mol. The van der Waals surface area contributed by atoms with Gasteiger partial charge in [0.2, 0.25) is 0 Å². The fraction of sp³-hybridized carbons (Fsp3) is 0.261. The molecule has 0 spiro atoms. The zero-order chi connectivity index (χ0) is 21.7. The molecular formula is C23H25N5O2P+. The van der Waals surface area contributed by atoms with E-state index in [0.717, 1.165) is 41.3 Å². The van der Waals surface area contributed by atoms with Crippen molar-refractivity contribution < 1.29 is 14.1 Å². The maximum absolute atomic E-state index is 11.9. The summed E-state index contributed by atoms with van der Waals surface area (Å²) in [6.45, 7) is 2.98. The highest BCUT2D eigenvalue weighted by atomic mass is 31.0. The number of nitrogens with zero attached hydrogens (tertiary/aromatic N) is 4. The van der Waals surface area contributed by atoms with Gasteiger partial charge in [-0.2, -0.15) is 5.11 Å². The van der Waals surface area contributed by atoms with E-state index in [2.05, 4.69) is 29.4 Å². The number of esters is 1. The molecule has 2 aromatic heterocycles. The number of nitrogens with one attached hydrogen (secondary N) is 1. The number of pyridine rings is 2. The number of anilines is 1. The Bertz CT molecular complexity index is 1080. The Balaban J connectivity index is 1.29. The molecule has 2 unspecified atom stereocenters. The van der Waals surface area contributed by atoms with Crippen LogP contribution in [0.25, 0.3) is 11.3 Å². The van der Waals surface area contributed by atoms with E-state index in [-0.39, 0.29) is 5.97 Å². The molecule has 0 radical (unpaired) electrons. The standard InChI is InChI=1S/C23H25N5O2P/c1-23(31)25-22-20(26-27-23)10-9-19(24-22)18-11-14-28(15-12-18)13-5-8-21(29)30-16-17-6-3-2-4-7-17/h2-4,6-7,9-12,14-15H,5,8,13,16,31H2,1H3,(H,24,25)/q+1. The third-order valence-electron chi connectivity index (χ3n) is 4.84. The van der Waals surface area contributed by atoms with E-state index in [4.69, 9.17) is 9.72 Å². The highest BCUT2D eigenvalue weighted by Crippen LogP contribution is 2.36. The first-order chi connectivity index (χ1) is 15.0. The van der Waals surface area contributed by atoms with Gasteiger partial charge in [0.25, 0.3) is 0 Å². The maximum Gasteiger partial charge on any atom is 0.306 e. The lowest BCUT2D eigenvalue weighted by Crippen LogP contribution is -2.32. The first-order valence-corrected chi connectivity index (χ1v) is 10.8. The average molecular weight is 434 g/mol. The van der Waals surface area contributed by atoms with E-state index in [1.165, 1.54) is 0 Å². The van der Waals surface area contributed by atoms with Crippen molar-refractivity contribution in [3.63, 3.8) is 0 Å². The number of ether oxygens (including phenoxy) is 1. The summed E-state index contributed by atoms with van der Waals surface area (Å²) in [4.78, 5) is 16.6. The van der Waals surface area contributed by atoms with Crippen molar-refractivity contribution in [2.75, 3.05) is 5.32 Å². The Morgan fingerprint density at radius 1 is 1.13 bits per heavy atom. The van der Waals surface area contributed by atoms with E-state index < -0.39 is 5.40 Å². The van der Waals surface area contributed by atoms with Crippen LogP contribution < -0.4 is 9.88 Å². The first-order valence-electron chi connectivity index (χ1n) is 10.2. The highest BCUT2D eigenvalue weighted by Gasteiger charge is 2.23. The van der Waals surface area contributed by atoms with Crippen molar-refractivity contribution >= 4 is 26.7 Å². The fourth-order valence-electron chi connectivity index (χ4n) is 3.20. The molecule has 2 atom stereocenters. The Morgan fingerprint density at radius 3 is 2.68 bits per heavy atom. The third kappa shape index (κ3) is 5.70. The van der Waals surface area contributed by atoms with Crippen molar-refractivity contribution in [1.29, 1.82) is 0 Å². The predicted molar refractivity (Wildman–Crippen MR) is 122 cm³/mol.